The number of hydroxylamine groups is 1. The van der Waals surface area contributed by atoms with Gasteiger partial charge in [0.05, 0.1) is 20.2 Å². The molecular weight excluding hydrogens is 170 g/mol. The summed E-state index contributed by atoms with van der Waals surface area (Å²) in [5, 5.41) is 11.5. The molecular formula is C7H15N5O. The minimum Gasteiger partial charge on any atom is -0.301 e. The van der Waals surface area contributed by atoms with E-state index in [1.165, 1.54) is 4.80 Å². The lowest BCUT2D eigenvalue weighted by atomic mass is 10.2. The Morgan fingerprint density at radius 3 is 2.85 bits per heavy atom. The number of tetrazole rings is 1. The third kappa shape index (κ3) is 3.95. The minimum absolute atomic E-state index is 0.487. The molecule has 1 rings (SSSR count). The fourth-order valence-corrected chi connectivity index (χ4v) is 0.735. The minimum atomic E-state index is 0.487. The first-order valence-corrected chi connectivity index (χ1v) is 4.26. The zero-order chi connectivity index (χ0) is 9.68. The maximum atomic E-state index is 5.14. The predicted molar refractivity (Wildman–Crippen MR) is 46.4 cm³/mol. The van der Waals surface area contributed by atoms with E-state index in [4.69, 9.17) is 4.84 Å². The molecule has 6 heteroatoms. The van der Waals surface area contributed by atoms with Crippen molar-refractivity contribution in [3.05, 3.63) is 5.82 Å². The summed E-state index contributed by atoms with van der Waals surface area (Å²) in [4.78, 5) is 6.56. The Morgan fingerprint density at radius 1 is 1.54 bits per heavy atom. The monoisotopic (exact) mass is 185 g/mol. The van der Waals surface area contributed by atoms with Gasteiger partial charge in [0.1, 0.15) is 0 Å². The second-order valence-electron chi connectivity index (χ2n) is 3.22. The van der Waals surface area contributed by atoms with Crippen LogP contribution in [0.2, 0.25) is 0 Å². The highest BCUT2D eigenvalue weighted by Crippen LogP contribution is 1.90. The summed E-state index contributed by atoms with van der Waals surface area (Å²) >= 11 is 0. The van der Waals surface area contributed by atoms with E-state index in [1.807, 2.05) is 0 Å². The van der Waals surface area contributed by atoms with E-state index >= 15 is 0 Å². The highest BCUT2D eigenvalue weighted by atomic mass is 16.6. The standard InChI is InChI=1S/C7H15N5O/c1-6(2)5-13-8-4-7-9-11-12(3)10-7/h6,8H,4-5H2,1-3H3. The predicted octanol–water partition coefficient (Wildman–Crippen LogP) is -0.113. The van der Waals surface area contributed by atoms with Gasteiger partial charge < -0.3 is 4.84 Å². The molecule has 0 bridgehead atoms. The molecule has 6 nitrogen and oxygen atoms in total. The number of rotatable bonds is 5. The summed E-state index contributed by atoms with van der Waals surface area (Å²) in [7, 11) is 1.73. The van der Waals surface area contributed by atoms with Gasteiger partial charge in [0.25, 0.3) is 0 Å². The maximum Gasteiger partial charge on any atom is 0.190 e. The molecule has 0 radical (unpaired) electrons. The van der Waals surface area contributed by atoms with E-state index in [9.17, 15) is 0 Å². The smallest absolute Gasteiger partial charge is 0.190 e. The Hall–Kier alpha value is -1.01. The van der Waals surface area contributed by atoms with Crippen molar-refractivity contribution in [3.63, 3.8) is 0 Å². The number of hydrogen-bond donors (Lipinski definition) is 1. The van der Waals surface area contributed by atoms with Gasteiger partial charge in [0, 0.05) is 0 Å². The van der Waals surface area contributed by atoms with Gasteiger partial charge in [0.2, 0.25) is 0 Å². The lowest BCUT2D eigenvalue weighted by Gasteiger charge is -2.05. The van der Waals surface area contributed by atoms with Crippen LogP contribution in [0.4, 0.5) is 0 Å². The second-order valence-corrected chi connectivity index (χ2v) is 3.22. The lowest BCUT2D eigenvalue weighted by molar-refractivity contribution is 0.0183. The van der Waals surface area contributed by atoms with Crippen LogP contribution in [0.1, 0.15) is 19.7 Å². The van der Waals surface area contributed by atoms with Gasteiger partial charge in [-0.3, -0.25) is 0 Å². The highest BCUT2D eigenvalue weighted by molar-refractivity contribution is 4.72. The SMILES string of the molecule is CC(C)CONCc1nnn(C)n1. The zero-order valence-electron chi connectivity index (χ0n) is 8.19. The molecule has 0 atom stereocenters. The van der Waals surface area contributed by atoms with Crippen molar-refractivity contribution in [2.45, 2.75) is 20.4 Å². The Morgan fingerprint density at radius 2 is 2.31 bits per heavy atom. The molecule has 0 aromatic carbocycles. The molecule has 0 aliphatic carbocycles. The number of nitrogens with zero attached hydrogens (tertiary/aromatic N) is 4. The molecule has 0 aliphatic rings. The molecule has 74 valence electrons. The summed E-state index contributed by atoms with van der Waals surface area (Å²) < 4.78 is 0. The van der Waals surface area contributed by atoms with E-state index < -0.39 is 0 Å². The normalized spacial score (nSPS) is 11.1. The number of aryl methyl sites for hydroxylation is 1. The first-order valence-electron chi connectivity index (χ1n) is 4.26. The summed E-state index contributed by atoms with van der Waals surface area (Å²) in [6, 6.07) is 0. The third-order valence-corrected chi connectivity index (χ3v) is 1.30. The van der Waals surface area contributed by atoms with Gasteiger partial charge in [-0.15, -0.1) is 10.2 Å². The summed E-state index contributed by atoms with van der Waals surface area (Å²) in [6.07, 6.45) is 0. The van der Waals surface area contributed by atoms with Crippen molar-refractivity contribution in [2.24, 2.45) is 13.0 Å². The van der Waals surface area contributed by atoms with Crippen molar-refractivity contribution in [1.82, 2.24) is 25.7 Å². The fraction of sp³-hybridized carbons (Fsp3) is 0.857. The Bertz CT molecular complexity index is 247. The highest BCUT2D eigenvalue weighted by Gasteiger charge is 1.99. The van der Waals surface area contributed by atoms with Crippen LogP contribution in [0.25, 0.3) is 0 Å². The molecule has 1 aromatic heterocycles. The average Bonchev–Trinajstić information content (AvgIpc) is 2.45. The van der Waals surface area contributed by atoms with Gasteiger partial charge in [-0.25, -0.2) is 0 Å². The Balaban J connectivity index is 2.13. The molecule has 0 amide bonds. The first kappa shape index (κ1) is 10.1. The van der Waals surface area contributed by atoms with Crippen molar-refractivity contribution in [2.75, 3.05) is 6.61 Å². The quantitative estimate of drug-likeness (QED) is 0.512. The van der Waals surface area contributed by atoms with E-state index in [0.717, 1.165) is 0 Å². The molecule has 0 spiro atoms. The van der Waals surface area contributed by atoms with Crippen LogP contribution >= 0.6 is 0 Å². The van der Waals surface area contributed by atoms with Crippen molar-refractivity contribution in [3.8, 4) is 0 Å². The molecule has 13 heavy (non-hydrogen) atoms. The molecule has 1 N–H and O–H groups in total. The van der Waals surface area contributed by atoms with E-state index in [2.05, 4.69) is 34.7 Å². The van der Waals surface area contributed by atoms with Gasteiger partial charge in [-0.1, -0.05) is 13.8 Å². The molecule has 0 aliphatic heterocycles. The molecule has 0 saturated carbocycles. The fourth-order valence-electron chi connectivity index (χ4n) is 0.735. The van der Waals surface area contributed by atoms with Crippen molar-refractivity contribution >= 4 is 0 Å². The van der Waals surface area contributed by atoms with E-state index in [-0.39, 0.29) is 0 Å². The van der Waals surface area contributed by atoms with Gasteiger partial charge in [-0.05, 0) is 11.1 Å². The summed E-state index contributed by atoms with van der Waals surface area (Å²) in [5.41, 5.74) is 2.77. The van der Waals surface area contributed by atoms with Gasteiger partial charge >= 0.3 is 0 Å². The largest absolute Gasteiger partial charge is 0.301 e. The van der Waals surface area contributed by atoms with Crippen molar-refractivity contribution < 1.29 is 4.84 Å². The number of aromatic nitrogens is 4. The lowest BCUT2D eigenvalue weighted by Crippen LogP contribution is -2.18. The molecule has 0 saturated heterocycles. The van der Waals surface area contributed by atoms with Crippen LogP contribution in [0.5, 0.6) is 0 Å². The number of hydrogen-bond acceptors (Lipinski definition) is 5. The summed E-state index contributed by atoms with van der Waals surface area (Å²) in [6.45, 7) is 5.34. The molecule has 1 aromatic rings. The van der Waals surface area contributed by atoms with Crippen molar-refractivity contribution in [1.29, 1.82) is 0 Å². The average molecular weight is 185 g/mol. The zero-order valence-corrected chi connectivity index (χ0v) is 8.19. The first-order chi connectivity index (χ1) is 6.18. The Kier molecular flexibility index (Phi) is 3.78. The van der Waals surface area contributed by atoms with Crippen LogP contribution in [0, 0.1) is 5.92 Å². The molecule has 0 unspecified atom stereocenters. The number of nitrogens with one attached hydrogen (secondary N) is 1. The Labute approximate surface area is 77.2 Å². The van der Waals surface area contributed by atoms with Crippen LogP contribution in [-0.2, 0) is 18.4 Å². The topological polar surface area (TPSA) is 64.9 Å². The third-order valence-electron chi connectivity index (χ3n) is 1.30. The van der Waals surface area contributed by atoms with Crippen LogP contribution < -0.4 is 5.48 Å². The van der Waals surface area contributed by atoms with Crippen LogP contribution in [0.15, 0.2) is 0 Å². The van der Waals surface area contributed by atoms with Gasteiger partial charge in [-0.2, -0.15) is 10.3 Å². The van der Waals surface area contributed by atoms with Crippen LogP contribution in [-0.4, -0.2) is 26.8 Å². The second kappa shape index (κ2) is 4.88. The van der Waals surface area contributed by atoms with Crippen LogP contribution in [0.3, 0.4) is 0 Å². The summed E-state index contributed by atoms with van der Waals surface area (Å²) in [5.74, 6) is 1.15. The van der Waals surface area contributed by atoms with Gasteiger partial charge in [0.15, 0.2) is 5.82 Å². The maximum absolute atomic E-state index is 5.14. The molecule has 0 fully saturated rings. The van der Waals surface area contributed by atoms with E-state index in [1.54, 1.807) is 7.05 Å². The molecule has 1 heterocycles. The van der Waals surface area contributed by atoms with E-state index in [0.29, 0.717) is 24.9 Å².